The highest BCUT2D eigenvalue weighted by Crippen LogP contribution is 2.21. The smallest absolute Gasteiger partial charge is 0.260 e. The second-order valence-corrected chi connectivity index (χ2v) is 7.12. The van der Waals surface area contributed by atoms with Gasteiger partial charge in [0.2, 0.25) is 0 Å². The van der Waals surface area contributed by atoms with E-state index in [-0.39, 0.29) is 16.9 Å². The van der Waals surface area contributed by atoms with Crippen molar-refractivity contribution in [2.75, 3.05) is 16.8 Å². The van der Waals surface area contributed by atoms with E-state index in [0.29, 0.717) is 23.4 Å². The molecule has 0 heterocycles. The Labute approximate surface area is 181 Å². The Kier molecular flexibility index (Phi) is 6.93. The van der Waals surface area contributed by atoms with Gasteiger partial charge in [0, 0.05) is 17.8 Å². The fourth-order valence-electron chi connectivity index (χ4n) is 3.09. The van der Waals surface area contributed by atoms with Crippen LogP contribution in [0.4, 0.5) is 11.4 Å². The van der Waals surface area contributed by atoms with Gasteiger partial charge in [0.25, 0.3) is 11.8 Å². The molecule has 0 aromatic heterocycles. The lowest BCUT2D eigenvalue weighted by Gasteiger charge is -2.23. The molecule has 0 aliphatic carbocycles. The highest BCUT2D eigenvalue weighted by atomic mass is 32.1. The lowest BCUT2D eigenvalue weighted by molar-refractivity contribution is 0.0974. The van der Waals surface area contributed by atoms with Gasteiger partial charge in [-0.3, -0.25) is 14.9 Å². The Morgan fingerprint density at radius 1 is 0.933 bits per heavy atom. The second-order valence-electron chi connectivity index (χ2n) is 6.71. The number of aryl methyl sites for hydroxylation is 1. The zero-order valence-electron chi connectivity index (χ0n) is 16.9. The maximum atomic E-state index is 13.2. The van der Waals surface area contributed by atoms with Crippen molar-refractivity contribution in [3.63, 3.8) is 0 Å². The predicted octanol–water partition coefficient (Wildman–Crippen LogP) is 4.79. The Balaban J connectivity index is 1.77. The molecule has 5 nitrogen and oxygen atoms in total. The molecule has 2 N–H and O–H groups in total. The average molecular weight is 418 g/mol. The molecule has 3 rings (SSSR count). The van der Waals surface area contributed by atoms with E-state index in [9.17, 15) is 9.59 Å². The first kappa shape index (κ1) is 21.2. The van der Waals surface area contributed by atoms with Crippen molar-refractivity contribution in [3.8, 4) is 0 Å². The lowest BCUT2D eigenvalue weighted by atomic mass is 10.1. The predicted molar refractivity (Wildman–Crippen MR) is 125 cm³/mol. The van der Waals surface area contributed by atoms with Crippen LogP contribution in [0.1, 0.15) is 33.2 Å². The summed E-state index contributed by atoms with van der Waals surface area (Å²) in [7, 11) is 0. The number of carbonyl (C=O) groups excluding carboxylic acids is 2. The number of nitrogens with zero attached hydrogens (tertiary/aromatic N) is 1. The molecule has 2 amide bonds. The van der Waals surface area contributed by atoms with Crippen LogP contribution in [0.15, 0.2) is 78.9 Å². The third-order valence-electron chi connectivity index (χ3n) is 4.54. The number of hydrogen-bond acceptors (Lipinski definition) is 3. The molecule has 0 unspecified atom stereocenters. The van der Waals surface area contributed by atoms with E-state index < -0.39 is 0 Å². The van der Waals surface area contributed by atoms with Crippen molar-refractivity contribution in [1.82, 2.24) is 5.32 Å². The summed E-state index contributed by atoms with van der Waals surface area (Å²) in [6.07, 6.45) is 0. The fraction of sp³-hybridized carbons (Fsp3) is 0.125. The van der Waals surface area contributed by atoms with E-state index in [2.05, 4.69) is 10.6 Å². The van der Waals surface area contributed by atoms with Crippen LogP contribution in [0.2, 0.25) is 0 Å². The zero-order chi connectivity index (χ0) is 21.5. The summed E-state index contributed by atoms with van der Waals surface area (Å²) in [6, 6.07) is 23.8. The number of thiocarbonyl (C=S) groups is 1. The molecular formula is C24H23N3O2S. The molecule has 0 saturated heterocycles. The molecule has 30 heavy (non-hydrogen) atoms. The van der Waals surface area contributed by atoms with Gasteiger partial charge in [-0.05, 0) is 62.5 Å². The average Bonchev–Trinajstić information content (AvgIpc) is 2.75. The Morgan fingerprint density at radius 3 is 2.33 bits per heavy atom. The minimum Gasteiger partial charge on any atom is -0.332 e. The van der Waals surface area contributed by atoms with Crippen LogP contribution in [0.3, 0.4) is 0 Å². The molecule has 0 spiro atoms. The summed E-state index contributed by atoms with van der Waals surface area (Å²) in [6.45, 7) is 4.36. The monoisotopic (exact) mass is 417 g/mol. The lowest BCUT2D eigenvalue weighted by Crippen LogP contribution is -2.35. The van der Waals surface area contributed by atoms with E-state index in [4.69, 9.17) is 12.2 Å². The SMILES string of the molecule is CCN(C(=O)c1ccccc1NC(=S)NC(=O)c1cccc(C)c1)c1ccccc1. The van der Waals surface area contributed by atoms with E-state index in [1.54, 1.807) is 35.2 Å². The number of nitrogens with one attached hydrogen (secondary N) is 2. The number of benzene rings is 3. The van der Waals surface area contributed by atoms with Crippen LogP contribution in [-0.2, 0) is 0 Å². The third-order valence-corrected chi connectivity index (χ3v) is 4.75. The third kappa shape index (κ3) is 5.10. The van der Waals surface area contributed by atoms with Gasteiger partial charge >= 0.3 is 0 Å². The maximum Gasteiger partial charge on any atom is 0.260 e. The molecule has 0 bridgehead atoms. The zero-order valence-corrected chi connectivity index (χ0v) is 17.7. The van der Waals surface area contributed by atoms with E-state index in [0.717, 1.165) is 11.3 Å². The topological polar surface area (TPSA) is 61.4 Å². The van der Waals surface area contributed by atoms with Gasteiger partial charge in [0.05, 0.1) is 11.3 Å². The molecule has 0 fully saturated rings. The molecule has 152 valence electrons. The van der Waals surface area contributed by atoms with Crippen LogP contribution in [0.25, 0.3) is 0 Å². The molecule has 0 radical (unpaired) electrons. The Bertz CT molecular complexity index is 1070. The molecule has 3 aromatic rings. The minimum absolute atomic E-state index is 0.129. The molecule has 0 aliphatic heterocycles. The first-order valence-electron chi connectivity index (χ1n) is 9.64. The summed E-state index contributed by atoms with van der Waals surface area (Å²) in [5, 5.41) is 5.79. The van der Waals surface area contributed by atoms with E-state index in [1.807, 2.05) is 62.4 Å². The summed E-state index contributed by atoms with van der Waals surface area (Å²) >= 11 is 5.31. The number of carbonyl (C=O) groups is 2. The molecule has 0 aliphatic rings. The van der Waals surface area contributed by atoms with Crippen molar-refractivity contribution < 1.29 is 9.59 Å². The summed E-state index contributed by atoms with van der Waals surface area (Å²) in [5.74, 6) is -0.459. The van der Waals surface area contributed by atoms with Crippen LogP contribution >= 0.6 is 12.2 Å². The maximum absolute atomic E-state index is 13.2. The van der Waals surface area contributed by atoms with Gasteiger partial charge in [0.15, 0.2) is 5.11 Å². The Hall–Kier alpha value is -3.51. The van der Waals surface area contributed by atoms with Gasteiger partial charge in [0.1, 0.15) is 0 Å². The van der Waals surface area contributed by atoms with Crippen molar-refractivity contribution in [1.29, 1.82) is 0 Å². The highest BCUT2D eigenvalue weighted by Gasteiger charge is 2.19. The number of para-hydroxylation sites is 2. The van der Waals surface area contributed by atoms with Crippen LogP contribution in [0, 0.1) is 6.92 Å². The van der Waals surface area contributed by atoms with Gasteiger partial charge < -0.3 is 10.2 Å². The minimum atomic E-state index is -0.306. The molecule has 6 heteroatoms. The van der Waals surface area contributed by atoms with Crippen molar-refractivity contribution >= 4 is 40.5 Å². The van der Waals surface area contributed by atoms with Gasteiger partial charge in [-0.25, -0.2) is 0 Å². The van der Waals surface area contributed by atoms with E-state index in [1.165, 1.54) is 0 Å². The normalized spacial score (nSPS) is 10.2. The van der Waals surface area contributed by atoms with Crippen molar-refractivity contribution in [2.45, 2.75) is 13.8 Å². The number of amides is 2. The molecule has 0 saturated carbocycles. The second kappa shape index (κ2) is 9.80. The molecule has 0 atom stereocenters. The highest BCUT2D eigenvalue weighted by molar-refractivity contribution is 7.80. The van der Waals surface area contributed by atoms with Crippen molar-refractivity contribution in [3.05, 3.63) is 95.6 Å². The van der Waals surface area contributed by atoms with E-state index >= 15 is 0 Å². The van der Waals surface area contributed by atoms with Gasteiger partial charge in [-0.15, -0.1) is 0 Å². The number of anilines is 2. The van der Waals surface area contributed by atoms with Gasteiger partial charge in [-0.1, -0.05) is 48.0 Å². The van der Waals surface area contributed by atoms with Crippen LogP contribution in [-0.4, -0.2) is 23.5 Å². The molecular weight excluding hydrogens is 394 g/mol. The number of hydrogen-bond donors (Lipinski definition) is 2. The summed E-state index contributed by atoms with van der Waals surface area (Å²) in [5.41, 5.74) is 3.32. The first-order chi connectivity index (χ1) is 14.5. The van der Waals surface area contributed by atoms with Crippen molar-refractivity contribution in [2.24, 2.45) is 0 Å². The first-order valence-corrected chi connectivity index (χ1v) is 10.1. The summed E-state index contributed by atoms with van der Waals surface area (Å²) in [4.78, 5) is 27.3. The molecule has 3 aromatic carbocycles. The number of rotatable bonds is 5. The van der Waals surface area contributed by atoms with Crippen LogP contribution < -0.4 is 15.5 Å². The standard InChI is InChI=1S/C24H23N3O2S/c1-3-27(19-12-5-4-6-13-19)23(29)20-14-7-8-15-21(20)25-24(30)26-22(28)18-11-9-10-17(2)16-18/h4-16H,3H2,1-2H3,(H2,25,26,28,30). The van der Waals surface area contributed by atoms with Gasteiger partial charge in [-0.2, -0.15) is 0 Å². The van der Waals surface area contributed by atoms with Crippen LogP contribution in [0.5, 0.6) is 0 Å². The largest absolute Gasteiger partial charge is 0.332 e. The Morgan fingerprint density at radius 2 is 1.63 bits per heavy atom. The summed E-state index contributed by atoms with van der Waals surface area (Å²) < 4.78 is 0. The fourth-order valence-corrected chi connectivity index (χ4v) is 3.29. The quantitative estimate of drug-likeness (QED) is 0.586.